The van der Waals surface area contributed by atoms with Crippen molar-refractivity contribution in [2.45, 2.75) is 11.8 Å². The number of fused-ring (bicyclic) bond motifs is 1. The average molecular weight is 321 g/mol. The number of phenolic OH excluding ortho intramolecular Hbond substituents is 1. The summed E-state index contributed by atoms with van der Waals surface area (Å²) in [7, 11) is -3.86. The van der Waals surface area contributed by atoms with E-state index in [0.29, 0.717) is 16.6 Å². The first-order valence-corrected chi connectivity index (χ1v) is 8.23. The number of para-hydroxylation sites is 1. The summed E-state index contributed by atoms with van der Waals surface area (Å²) in [5, 5.41) is 9.82. The van der Waals surface area contributed by atoms with E-state index in [0.717, 1.165) is 11.7 Å². The van der Waals surface area contributed by atoms with Crippen LogP contribution in [-0.4, -0.2) is 22.3 Å². The number of aromatic nitrogens is 2. The summed E-state index contributed by atoms with van der Waals surface area (Å²) in [5.41, 5.74) is 1.64. The lowest BCUT2D eigenvalue weighted by atomic mass is 10.2. The number of aromatic hydroxyl groups is 1. The van der Waals surface area contributed by atoms with E-state index in [4.69, 9.17) is 0 Å². The Bertz CT molecular complexity index is 899. The maximum absolute atomic E-state index is 12.5. The van der Waals surface area contributed by atoms with E-state index in [1.165, 1.54) is 12.1 Å². The highest BCUT2D eigenvalue weighted by Gasteiger charge is 2.21. The molecule has 0 fully saturated rings. The zero-order valence-corrected chi connectivity index (χ0v) is 12.6. The summed E-state index contributed by atoms with van der Waals surface area (Å²) in [4.78, 5) is 0.0383. The maximum atomic E-state index is 12.5. The van der Waals surface area contributed by atoms with E-state index in [-0.39, 0.29) is 16.3 Å². The lowest BCUT2D eigenvalue weighted by Crippen LogP contribution is -2.14. The normalized spacial score (nSPS) is 11.7. The third-order valence-electron chi connectivity index (χ3n) is 3.03. The fraction of sp³-hybridized carbons (Fsp3) is 0.0769. The fourth-order valence-electron chi connectivity index (χ4n) is 1.97. The minimum absolute atomic E-state index is 0.0383. The monoisotopic (exact) mass is 321 g/mol. The van der Waals surface area contributed by atoms with Crippen LogP contribution in [0.25, 0.3) is 11.0 Å². The van der Waals surface area contributed by atoms with Gasteiger partial charge in [0.05, 0.1) is 17.4 Å². The molecule has 8 heteroatoms. The lowest BCUT2D eigenvalue weighted by Gasteiger charge is -2.12. The molecular formula is C13H11N3O3S2. The van der Waals surface area contributed by atoms with Gasteiger partial charge in [-0.1, -0.05) is 18.2 Å². The Kier molecular flexibility index (Phi) is 3.26. The molecule has 1 heterocycles. The SMILES string of the molecule is Cc1cccc(O)c1NS(=O)(=O)c1cccc2nsnc12. The van der Waals surface area contributed by atoms with Crippen molar-refractivity contribution in [1.82, 2.24) is 8.75 Å². The van der Waals surface area contributed by atoms with Gasteiger partial charge >= 0.3 is 0 Å². The van der Waals surface area contributed by atoms with E-state index >= 15 is 0 Å². The molecule has 21 heavy (non-hydrogen) atoms. The number of sulfonamides is 1. The van der Waals surface area contributed by atoms with Crippen molar-refractivity contribution in [2.24, 2.45) is 0 Å². The number of nitrogens with zero attached hydrogens (tertiary/aromatic N) is 2. The molecule has 1 aromatic heterocycles. The number of hydrogen-bond donors (Lipinski definition) is 2. The highest BCUT2D eigenvalue weighted by Crippen LogP contribution is 2.30. The van der Waals surface area contributed by atoms with Crippen LogP contribution in [0.1, 0.15) is 5.56 Å². The van der Waals surface area contributed by atoms with Gasteiger partial charge in [-0.3, -0.25) is 4.72 Å². The van der Waals surface area contributed by atoms with Gasteiger partial charge < -0.3 is 5.11 Å². The molecule has 0 amide bonds. The first kappa shape index (κ1) is 13.8. The molecule has 0 bridgehead atoms. The lowest BCUT2D eigenvalue weighted by molar-refractivity contribution is 0.477. The van der Waals surface area contributed by atoms with Crippen LogP contribution in [0.15, 0.2) is 41.3 Å². The summed E-state index contributed by atoms with van der Waals surface area (Å²) >= 11 is 0.954. The number of aryl methyl sites for hydroxylation is 1. The molecule has 6 nitrogen and oxygen atoms in total. The fourth-order valence-corrected chi connectivity index (χ4v) is 3.89. The molecule has 0 unspecified atom stereocenters. The van der Waals surface area contributed by atoms with Crippen molar-refractivity contribution < 1.29 is 13.5 Å². The van der Waals surface area contributed by atoms with E-state index in [9.17, 15) is 13.5 Å². The van der Waals surface area contributed by atoms with E-state index < -0.39 is 10.0 Å². The number of rotatable bonds is 3. The Labute approximate surface area is 125 Å². The molecule has 108 valence electrons. The molecule has 0 aliphatic carbocycles. The van der Waals surface area contributed by atoms with Gasteiger partial charge in [0, 0.05) is 0 Å². The van der Waals surface area contributed by atoms with Crippen LogP contribution < -0.4 is 4.72 Å². The van der Waals surface area contributed by atoms with E-state index in [1.54, 1.807) is 31.2 Å². The Morgan fingerprint density at radius 2 is 1.90 bits per heavy atom. The van der Waals surface area contributed by atoms with Crippen molar-refractivity contribution in [3.8, 4) is 5.75 Å². The number of phenols is 1. The summed E-state index contributed by atoms with van der Waals surface area (Å²) in [6.07, 6.45) is 0. The highest BCUT2D eigenvalue weighted by molar-refractivity contribution is 7.93. The molecule has 0 radical (unpaired) electrons. The van der Waals surface area contributed by atoms with Crippen LogP contribution in [0.2, 0.25) is 0 Å². The zero-order chi connectivity index (χ0) is 15.0. The molecule has 0 atom stereocenters. The van der Waals surface area contributed by atoms with Gasteiger partial charge in [0.25, 0.3) is 10.0 Å². The predicted octanol–water partition coefficient (Wildman–Crippen LogP) is 2.51. The van der Waals surface area contributed by atoms with Crippen molar-refractivity contribution >= 4 is 38.5 Å². The second-order valence-electron chi connectivity index (χ2n) is 4.46. The molecule has 2 N–H and O–H groups in total. The molecule has 3 rings (SSSR count). The largest absolute Gasteiger partial charge is 0.506 e. The Morgan fingerprint density at radius 3 is 2.67 bits per heavy atom. The standard InChI is InChI=1S/C13H11N3O3S2/c1-8-4-2-6-10(17)12(8)16-21(18,19)11-7-3-5-9-13(11)15-20-14-9/h2-7,16-17H,1H3. The Morgan fingerprint density at radius 1 is 1.14 bits per heavy atom. The molecule has 0 saturated carbocycles. The zero-order valence-electron chi connectivity index (χ0n) is 10.9. The maximum Gasteiger partial charge on any atom is 0.264 e. The number of hydrogen-bond acceptors (Lipinski definition) is 6. The minimum atomic E-state index is -3.86. The molecule has 0 aliphatic heterocycles. The smallest absolute Gasteiger partial charge is 0.264 e. The molecule has 3 aromatic rings. The molecule has 0 spiro atoms. The summed E-state index contributed by atoms with van der Waals surface area (Å²) in [6, 6.07) is 9.55. The van der Waals surface area contributed by atoms with Gasteiger partial charge in [-0.2, -0.15) is 8.75 Å². The molecular weight excluding hydrogens is 310 g/mol. The van der Waals surface area contributed by atoms with Gasteiger partial charge in [0.1, 0.15) is 21.7 Å². The molecule has 2 aromatic carbocycles. The first-order valence-electron chi connectivity index (χ1n) is 6.02. The van der Waals surface area contributed by atoms with Crippen LogP contribution in [-0.2, 0) is 10.0 Å². The Balaban J connectivity index is 2.11. The van der Waals surface area contributed by atoms with Crippen LogP contribution in [0.5, 0.6) is 5.75 Å². The summed E-state index contributed by atoms with van der Waals surface area (Å²) in [5.74, 6) is -0.123. The van der Waals surface area contributed by atoms with Gasteiger partial charge in [-0.15, -0.1) is 0 Å². The van der Waals surface area contributed by atoms with Crippen LogP contribution in [0.3, 0.4) is 0 Å². The van der Waals surface area contributed by atoms with Gasteiger partial charge in [-0.05, 0) is 30.7 Å². The van der Waals surface area contributed by atoms with Gasteiger partial charge in [-0.25, -0.2) is 8.42 Å². The minimum Gasteiger partial charge on any atom is -0.506 e. The van der Waals surface area contributed by atoms with E-state index in [1.807, 2.05) is 0 Å². The third kappa shape index (κ3) is 2.43. The topological polar surface area (TPSA) is 92.2 Å². The summed E-state index contributed by atoms with van der Waals surface area (Å²) in [6.45, 7) is 1.71. The van der Waals surface area contributed by atoms with Crippen molar-refractivity contribution in [3.05, 3.63) is 42.0 Å². The highest BCUT2D eigenvalue weighted by atomic mass is 32.2. The van der Waals surface area contributed by atoms with Gasteiger partial charge in [0.15, 0.2) is 0 Å². The predicted molar refractivity (Wildman–Crippen MR) is 81.1 cm³/mol. The number of benzene rings is 2. The average Bonchev–Trinajstić information content (AvgIpc) is 2.91. The van der Waals surface area contributed by atoms with Crippen LogP contribution in [0, 0.1) is 6.92 Å². The van der Waals surface area contributed by atoms with Crippen molar-refractivity contribution in [2.75, 3.05) is 4.72 Å². The van der Waals surface area contributed by atoms with E-state index in [2.05, 4.69) is 13.5 Å². The number of nitrogens with one attached hydrogen (secondary N) is 1. The second kappa shape index (κ2) is 4.97. The second-order valence-corrected chi connectivity index (χ2v) is 6.64. The Hall–Kier alpha value is -2.19. The summed E-state index contributed by atoms with van der Waals surface area (Å²) < 4.78 is 35.5. The molecule has 0 saturated heterocycles. The van der Waals surface area contributed by atoms with Crippen molar-refractivity contribution in [1.29, 1.82) is 0 Å². The first-order chi connectivity index (χ1) is 9.99. The third-order valence-corrected chi connectivity index (χ3v) is 4.95. The van der Waals surface area contributed by atoms with Crippen molar-refractivity contribution in [3.63, 3.8) is 0 Å². The van der Waals surface area contributed by atoms with Gasteiger partial charge in [0.2, 0.25) is 0 Å². The quantitative estimate of drug-likeness (QED) is 0.723. The number of anilines is 1. The molecule has 0 aliphatic rings. The van der Waals surface area contributed by atoms with Crippen LogP contribution in [0.4, 0.5) is 5.69 Å². The van der Waals surface area contributed by atoms with Crippen LogP contribution >= 0.6 is 11.7 Å².